The quantitative estimate of drug-likeness (QED) is 0.872. The molecule has 0 saturated carbocycles. The Balaban J connectivity index is 2.70. The average molecular weight is 283 g/mol. The van der Waals surface area contributed by atoms with Crippen molar-refractivity contribution in [1.29, 1.82) is 0 Å². The summed E-state index contributed by atoms with van der Waals surface area (Å²) in [5.74, 6) is -0.395. The van der Waals surface area contributed by atoms with Crippen molar-refractivity contribution in [3.05, 3.63) is 35.9 Å². The Hall–Kier alpha value is -1.36. The summed E-state index contributed by atoms with van der Waals surface area (Å²) in [5.41, 5.74) is 1.06. The second kappa shape index (κ2) is 6.70. The van der Waals surface area contributed by atoms with Crippen LogP contribution in [0.1, 0.15) is 45.1 Å². The van der Waals surface area contributed by atoms with Crippen LogP contribution in [0.2, 0.25) is 0 Å². The number of carbonyl (C=O) groups excluding carboxylic acids is 1. The van der Waals surface area contributed by atoms with Crippen molar-refractivity contribution in [2.45, 2.75) is 44.8 Å². The maximum atomic E-state index is 11.8. The van der Waals surface area contributed by atoms with Gasteiger partial charge in [0.15, 0.2) is 0 Å². The third kappa shape index (κ3) is 4.67. The molecule has 0 spiro atoms. The molecule has 0 aromatic heterocycles. The molecular weight excluding hydrogens is 262 g/mol. The molecule has 1 aromatic rings. The van der Waals surface area contributed by atoms with Crippen LogP contribution in [0.4, 0.5) is 0 Å². The summed E-state index contributed by atoms with van der Waals surface area (Å²) in [6.45, 7) is 5.08. The molecule has 19 heavy (non-hydrogen) atoms. The summed E-state index contributed by atoms with van der Waals surface area (Å²) in [5, 5.41) is -0.603. The van der Waals surface area contributed by atoms with Crippen LogP contribution in [0.25, 0.3) is 0 Å². The molecule has 0 aliphatic carbocycles. The van der Waals surface area contributed by atoms with E-state index < -0.39 is 21.2 Å². The van der Waals surface area contributed by atoms with Gasteiger partial charge in [-0.2, -0.15) is 0 Å². The lowest BCUT2D eigenvalue weighted by molar-refractivity contribution is -0.119. The van der Waals surface area contributed by atoms with Crippen LogP contribution in [0.3, 0.4) is 0 Å². The second-order valence-electron chi connectivity index (χ2n) is 4.84. The lowest BCUT2D eigenvalue weighted by atomic mass is 9.93. The van der Waals surface area contributed by atoms with Gasteiger partial charge in [-0.15, -0.1) is 0 Å². The molecule has 0 fully saturated rings. The third-order valence-corrected chi connectivity index (χ3v) is 4.83. The van der Waals surface area contributed by atoms with Crippen LogP contribution in [-0.2, 0) is 14.8 Å². The summed E-state index contributed by atoms with van der Waals surface area (Å²) in [6, 6.07) is 9.66. The molecule has 1 rings (SSSR count). The van der Waals surface area contributed by atoms with Crippen LogP contribution in [0.5, 0.6) is 0 Å². The number of amides is 1. The van der Waals surface area contributed by atoms with Crippen molar-refractivity contribution in [2.24, 2.45) is 0 Å². The average Bonchev–Trinajstić information content (AvgIpc) is 2.36. The summed E-state index contributed by atoms with van der Waals surface area (Å²) < 4.78 is 25.4. The molecule has 1 amide bonds. The number of hydrogen-bond donors (Lipinski definition) is 1. The minimum atomic E-state index is -3.53. The number of sulfonamides is 1. The monoisotopic (exact) mass is 283 g/mol. The number of rotatable bonds is 6. The fourth-order valence-electron chi connectivity index (χ4n) is 1.77. The highest BCUT2D eigenvalue weighted by Gasteiger charge is 2.21. The van der Waals surface area contributed by atoms with Gasteiger partial charge in [0.25, 0.3) is 0 Å². The lowest BCUT2D eigenvalue weighted by Gasteiger charge is -2.16. The van der Waals surface area contributed by atoms with Gasteiger partial charge >= 0.3 is 0 Å². The lowest BCUT2D eigenvalue weighted by Crippen LogP contribution is -2.36. The van der Waals surface area contributed by atoms with Gasteiger partial charge in [0.1, 0.15) is 0 Å². The molecular formula is C14H21NO3S. The molecule has 0 unspecified atom stereocenters. The highest BCUT2D eigenvalue weighted by molar-refractivity contribution is 7.90. The van der Waals surface area contributed by atoms with Crippen molar-refractivity contribution in [3.8, 4) is 0 Å². The van der Waals surface area contributed by atoms with Gasteiger partial charge in [-0.25, -0.2) is 8.42 Å². The maximum absolute atomic E-state index is 11.8. The van der Waals surface area contributed by atoms with E-state index in [9.17, 15) is 13.2 Å². The second-order valence-corrected chi connectivity index (χ2v) is 7.08. The Morgan fingerprint density at radius 3 is 2.26 bits per heavy atom. The predicted octanol–water partition coefficient (Wildman–Crippen LogP) is 2.42. The number of benzene rings is 1. The van der Waals surface area contributed by atoms with E-state index in [1.807, 2.05) is 37.3 Å². The van der Waals surface area contributed by atoms with E-state index in [1.54, 1.807) is 13.8 Å². The summed E-state index contributed by atoms with van der Waals surface area (Å²) in [6.07, 6.45) is 0.978. The fraction of sp³-hybridized carbons (Fsp3) is 0.500. The molecule has 1 atom stereocenters. The molecule has 1 N–H and O–H groups in total. The first-order valence-corrected chi connectivity index (χ1v) is 8.00. The Labute approximate surface area is 115 Å². The Morgan fingerprint density at radius 2 is 1.79 bits per heavy atom. The highest BCUT2D eigenvalue weighted by Crippen LogP contribution is 2.22. The Morgan fingerprint density at radius 1 is 1.21 bits per heavy atom. The molecule has 0 aliphatic rings. The third-order valence-electron chi connectivity index (χ3n) is 3.07. The molecule has 0 radical (unpaired) electrons. The first-order valence-electron chi connectivity index (χ1n) is 6.46. The smallest absolute Gasteiger partial charge is 0.237 e. The Bertz CT molecular complexity index is 509. The molecule has 5 heteroatoms. The molecule has 1 aromatic carbocycles. The first kappa shape index (κ1) is 15.7. The van der Waals surface area contributed by atoms with Crippen LogP contribution in [0, 0.1) is 0 Å². The van der Waals surface area contributed by atoms with E-state index in [-0.39, 0.29) is 12.3 Å². The van der Waals surface area contributed by atoms with E-state index in [0.717, 1.165) is 12.0 Å². The van der Waals surface area contributed by atoms with Crippen molar-refractivity contribution < 1.29 is 13.2 Å². The normalized spacial score (nSPS) is 13.3. The van der Waals surface area contributed by atoms with Gasteiger partial charge in [0, 0.05) is 6.42 Å². The van der Waals surface area contributed by atoms with Gasteiger partial charge < -0.3 is 0 Å². The van der Waals surface area contributed by atoms with Crippen LogP contribution >= 0.6 is 0 Å². The minimum Gasteiger partial charge on any atom is -0.274 e. The van der Waals surface area contributed by atoms with Crippen molar-refractivity contribution in [3.63, 3.8) is 0 Å². The standard InChI is InChI=1S/C14H21NO3S/c1-4-12(13-8-6-5-7-9-13)10-14(16)15-19(17,18)11(2)3/h5-9,11-12H,4,10H2,1-3H3,(H,15,16)/t12-/m0/s1. The first-order chi connectivity index (χ1) is 8.86. The van der Waals surface area contributed by atoms with E-state index in [2.05, 4.69) is 4.72 Å². The van der Waals surface area contributed by atoms with E-state index >= 15 is 0 Å². The van der Waals surface area contributed by atoms with Crippen LogP contribution in [0.15, 0.2) is 30.3 Å². The topological polar surface area (TPSA) is 63.2 Å². The number of carbonyl (C=O) groups is 1. The van der Waals surface area contributed by atoms with Crippen molar-refractivity contribution >= 4 is 15.9 Å². The fourth-order valence-corrected chi connectivity index (χ4v) is 2.40. The van der Waals surface area contributed by atoms with Crippen LogP contribution in [-0.4, -0.2) is 19.6 Å². The molecule has 0 saturated heterocycles. The SMILES string of the molecule is CC[C@@H](CC(=O)NS(=O)(=O)C(C)C)c1ccccc1. The molecule has 0 aliphatic heterocycles. The van der Waals surface area contributed by atoms with Crippen molar-refractivity contribution in [2.75, 3.05) is 0 Å². The van der Waals surface area contributed by atoms with Gasteiger partial charge in [0.2, 0.25) is 15.9 Å². The van der Waals surface area contributed by atoms with Gasteiger partial charge in [-0.1, -0.05) is 37.3 Å². The highest BCUT2D eigenvalue weighted by atomic mass is 32.2. The summed E-state index contributed by atoms with van der Waals surface area (Å²) >= 11 is 0. The zero-order valence-electron chi connectivity index (χ0n) is 11.6. The van der Waals surface area contributed by atoms with Gasteiger partial charge in [-0.05, 0) is 31.7 Å². The summed E-state index contributed by atoms with van der Waals surface area (Å²) in [4.78, 5) is 11.8. The van der Waals surface area contributed by atoms with Gasteiger partial charge in [-0.3, -0.25) is 9.52 Å². The zero-order chi connectivity index (χ0) is 14.5. The van der Waals surface area contributed by atoms with E-state index in [4.69, 9.17) is 0 Å². The predicted molar refractivity (Wildman–Crippen MR) is 76.3 cm³/mol. The number of nitrogens with one attached hydrogen (secondary N) is 1. The van der Waals surface area contributed by atoms with Gasteiger partial charge in [0.05, 0.1) is 5.25 Å². The minimum absolute atomic E-state index is 0.0450. The molecule has 0 bridgehead atoms. The Kier molecular flexibility index (Phi) is 5.54. The van der Waals surface area contributed by atoms with Crippen molar-refractivity contribution in [1.82, 2.24) is 4.72 Å². The largest absolute Gasteiger partial charge is 0.274 e. The summed E-state index contributed by atoms with van der Waals surface area (Å²) in [7, 11) is -3.53. The molecule has 0 heterocycles. The van der Waals surface area contributed by atoms with Crippen LogP contribution < -0.4 is 4.72 Å². The maximum Gasteiger partial charge on any atom is 0.237 e. The van der Waals surface area contributed by atoms with E-state index in [0.29, 0.717) is 0 Å². The number of hydrogen-bond acceptors (Lipinski definition) is 3. The molecule has 106 valence electrons. The zero-order valence-corrected chi connectivity index (χ0v) is 12.4. The van der Waals surface area contributed by atoms with E-state index in [1.165, 1.54) is 0 Å². The molecule has 4 nitrogen and oxygen atoms in total.